The first kappa shape index (κ1) is 15.8. The molecule has 4 heteroatoms. The zero-order valence-corrected chi connectivity index (χ0v) is 15.4. The Balaban J connectivity index is 1.44. The molecule has 1 heterocycles. The van der Waals surface area contributed by atoms with Crippen molar-refractivity contribution in [2.75, 3.05) is 0 Å². The molecule has 5 aliphatic rings. The average Bonchev–Trinajstić information content (AvgIpc) is 3.41. The molecule has 6 rings (SSSR count). The zero-order chi connectivity index (χ0) is 17.6. The zero-order valence-electron chi connectivity index (χ0n) is 15.4. The monoisotopic (exact) mass is 355 g/mol. The van der Waals surface area contributed by atoms with Crippen LogP contribution in [-0.2, 0) is 11.8 Å². The van der Waals surface area contributed by atoms with Crippen molar-refractivity contribution in [3.05, 3.63) is 23.3 Å². The third-order valence-electron chi connectivity index (χ3n) is 8.39. The molecule has 7 atom stereocenters. The fourth-order valence-electron chi connectivity index (χ4n) is 7.12. The van der Waals surface area contributed by atoms with Gasteiger partial charge in [0, 0.05) is 23.1 Å². The molecule has 3 saturated carbocycles. The number of hydrogen-bond donors (Lipinski definition) is 3. The molecule has 0 radical (unpaired) electrons. The lowest BCUT2D eigenvalue weighted by Crippen LogP contribution is -2.64. The highest BCUT2D eigenvalue weighted by atomic mass is 16.5. The van der Waals surface area contributed by atoms with E-state index in [1.807, 2.05) is 0 Å². The van der Waals surface area contributed by atoms with Crippen molar-refractivity contribution in [1.29, 1.82) is 0 Å². The van der Waals surface area contributed by atoms with Gasteiger partial charge in [0.05, 0.1) is 6.10 Å². The molecule has 4 aliphatic carbocycles. The van der Waals surface area contributed by atoms with E-state index in [1.165, 1.54) is 24.0 Å². The molecule has 2 bridgehead atoms. The summed E-state index contributed by atoms with van der Waals surface area (Å²) >= 11 is 0. The molecule has 0 saturated heterocycles. The van der Waals surface area contributed by atoms with Crippen LogP contribution >= 0.6 is 0 Å². The second-order valence-corrected chi connectivity index (χ2v) is 9.58. The first-order valence-corrected chi connectivity index (χ1v) is 10.6. The van der Waals surface area contributed by atoms with Gasteiger partial charge in [-0.2, -0.15) is 0 Å². The molecule has 3 unspecified atom stereocenters. The summed E-state index contributed by atoms with van der Waals surface area (Å²) in [7, 11) is 0. The summed E-state index contributed by atoms with van der Waals surface area (Å²) in [6.45, 7) is 2.36. The molecule has 4 nitrogen and oxygen atoms in total. The smallest absolute Gasteiger partial charge is 0.165 e. The van der Waals surface area contributed by atoms with E-state index in [1.54, 1.807) is 6.07 Å². The molecule has 140 valence electrons. The lowest BCUT2D eigenvalue weighted by atomic mass is 9.47. The molecule has 26 heavy (non-hydrogen) atoms. The molecule has 1 spiro atoms. The second kappa shape index (κ2) is 5.17. The minimum atomic E-state index is -0.417. The van der Waals surface area contributed by atoms with E-state index < -0.39 is 6.10 Å². The van der Waals surface area contributed by atoms with Crippen molar-refractivity contribution in [2.24, 2.45) is 17.8 Å². The topological polar surface area (TPSA) is 61.7 Å². The van der Waals surface area contributed by atoms with E-state index in [0.717, 1.165) is 38.0 Å². The Morgan fingerprint density at radius 1 is 1.19 bits per heavy atom. The van der Waals surface area contributed by atoms with Crippen LogP contribution in [0.5, 0.6) is 11.5 Å². The minimum absolute atomic E-state index is 0.0784. The van der Waals surface area contributed by atoms with Gasteiger partial charge >= 0.3 is 0 Å². The quantitative estimate of drug-likeness (QED) is 0.780. The van der Waals surface area contributed by atoms with Gasteiger partial charge in [-0.25, -0.2) is 0 Å². The molecule has 3 N–H and O–H groups in total. The van der Waals surface area contributed by atoms with E-state index in [4.69, 9.17) is 4.74 Å². The van der Waals surface area contributed by atoms with Crippen LogP contribution in [0, 0.1) is 17.8 Å². The van der Waals surface area contributed by atoms with Gasteiger partial charge in [-0.15, -0.1) is 0 Å². The standard InChI is InChI=1S/C22H29NO3/c1-11(12-2-3-12)23-16-8-9-22-15-5-7-18(25)21(22)26-20-17(24)6-4-13(19(20)22)10-14(15)16/h4,6,11-12,14-16,18,21,23-25H,2-3,5,7-10H2,1H3/t11-,14-,15?,16?,18?,21+,22+/m1/s1. The number of rotatable bonds is 3. The SMILES string of the molecule is C[C@@H](NC1CC[C@]23c4c5ccc(O)c4O[C@H]2C(O)CCC3[C@H]1C5)C1CC1. The maximum absolute atomic E-state index is 10.8. The Morgan fingerprint density at radius 3 is 2.85 bits per heavy atom. The molecular weight excluding hydrogens is 326 g/mol. The summed E-state index contributed by atoms with van der Waals surface area (Å²) in [6, 6.07) is 5.09. The summed E-state index contributed by atoms with van der Waals surface area (Å²) in [5, 5.41) is 25.2. The van der Waals surface area contributed by atoms with Crippen LogP contribution in [0.1, 0.15) is 56.6 Å². The van der Waals surface area contributed by atoms with Crippen LogP contribution in [0.3, 0.4) is 0 Å². The van der Waals surface area contributed by atoms with E-state index in [0.29, 0.717) is 29.7 Å². The molecular formula is C22H29NO3. The Hall–Kier alpha value is -1.26. The molecule has 0 aromatic heterocycles. The maximum atomic E-state index is 10.8. The minimum Gasteiger partial charge on any atom is -0.504 e. The van der Waals surface area contributed by atoms with Gasteiger partial charge in [-0.3, -0.25) is 0 Å². The number of benzene rings is 1. The fraction of sp³-hybridized carbons (Fsp3) is 0.727. The Labute approximate surface area is 154 Å². The third kappa shape index (κ3) is 1.87. The van der Waals surface area contributed by atoms with Gasteiger partial charge in [0.15, 0.2) is 11.5 Å². The first-order valence-electron chi connectivity index (χ1n) is 10.6. The van der Waals surface area contributed by atoms with Crippen LogP contribution in [0.25, 0.3) is 0 Å². The predicted molar refractivity (Wildman–Crippen MR) is 98.5 cm³/mol. The van der Waals surface area contributed by atoms with E-state index in [-0.39, 0.29) is 17.3 Å². The van der Waals surface area contributed by atoms with Crippen molar-refractivity contribution in [1.82, 2.24) is 5.32 Å². The predicted octanol–water partition coefficient (Wildman–Crippen LogP) is 2.88. The van der Waals surface area contributed by atoms with Gasteiger partial charge in [0.25, 0.3) is 0 Å². The van der Waals surface area contributed by atoms with E-state index in [9.17, 15) is 10.2 Å². The highest BCUT2D eigenvalue weighted by Crippen LogP contribution is 2.65. The first-order chi connectivity index (χ1) is 12.6. The summed E-state index contributed by atoms with van der Waals surface area (Å²) < 4.78 is 6.27. The summed E-state index contributed by atoms with van der Waals surface area (Å²) in [5.74, 6) is 2.98. The average molecular weight is 355 g/mol. The van der Waals surface area contributed by atoms with E-state index in [2.05, 4.69) is 18.3 Å². The number of nitrogens with one attached hydrogen (secondary N) is 1. The van der Waals surface area contributed by atoms with Crippen molar-refractivity contribution in [3.8, 4) is 11.5 Å². The fourth-order valence-corrected chi connectivity index (χ4v) is 7.12. The van der Waals surface area contributed by atoms with Gasteiger partial charge in [-0.1, -0.05) is 6.07 Å². The molecule has 0 amide bonds. The highest BCUT2D eigenvalue weighted by Gasteiger charge is 2.65. The van der Waals surface area contributed by atoms with Crippen molar-refractivity contribution < 1.29 is 14.9 Å². The maximum Gasteiger partial charge on any atom is 0.165 e. The third-order valence-corrected chi connectivity index (χ3v) is 8.39. The van der Waals surface area contributed by atoms with Crippen LogP contribution in [0.4, 0.5) is 0 Å². The molecule has 3 fully saturated rings. The number of ether oxygens (including phenoxy) is 1. The number of aliphatic hydroxyl groups is 1. The summed E-state index contributed by atoms with van der Waals surface area (Å²) in [6.07, 6.45) is 7.37. The van der Waals surface area contributed by atoms with Gasteiger partial charge in [0.1, 0.15) is 6.10 Å². The summed E-state index contributed by atoms with van der Waals surface area (Å²) in [4.78, 5) is 0. The van der Waals surface area contributed by atoms with Crippen LogP contribution in [0.2, 0.25) is 0 Å². The molecule has 1 aromatic carbocycles. The van der Waals surface area contributed by atoms with Gasteiger partial charge in [0.2, 0.25) is 0 Å². The van der Waals surface area contributed by atoms with Crippen LogP contribution < -0.4 is 10.1 Å². The number of aliphatic hydroxyl groups excluding tert-OH is 1. The Kier molecular flexibility index (Phi) is 3.13. The number of hydrogen-bond acceptors (Lipinski definition) is 4. The number of phenolic OH excluding ortho intramolecular Hbond substituents is 1. The van der Waals surface area contributed by atoms with Crippen LogP contribution in [0.15, 0.2) is 12.1 Å². The normalized spacial score (nSPS) is 43.5. The summed E-state index contributed by atoms with van der Waals surface area (Å²) in [5.41, 5.74) is 2.52. The van der Waals surface area contributed by atoms with Gasteiger partial charge < -0.3 is 20.3 Å². The molecule has 1 aliphatic heterocycles. The van der Waals surface area contributed by atoms with Crippen molar-refractivity contribution in [3.63, 3.8) is 0 Å². The van der Waals surface area contributed by atoms with Gasteiger partial charge in [-0.05, 0) is 81.3 Å². The van der Waals surface area contributed by atoms with E-state index >= 15 is 0 Å². The second-order valence-electron chi connectivity index (χ2n) is 9.58. The highest BCUT2D eigenvalue weighted by molar-refractivity contribution is 5.60. The Bertz CT molecular complexity index is 760. The Morgan fingerprint density at radius 2 is 2.04 bits per heavy atom. The van der Waals surface area contributed by atoms with Crippen LogP contribution in [-0.4, -0.2) is 34.5 Å². The lowest BCUT2D eigenvalue weighted by Gasteiger charge is -2.58. The number of phenols is 1. The largest absolute Gasteiger partial charge is 0.504 e. The van der Waals surface area contributed by atoms with Crippen molar-refractivity contribution >= 4 is 0 Å². The lowest BCUT2D eigenvalue weighted by molar-refractivity contribution is -0.0936. The molecule has 1 aromatic rings. The number of aromatic hydroxyl groups is 1. The van der Waals surface area contributed by atoms with Crippen molar-refractivity contribution in [2.45, 2.75) is 81.6 Å².